The highest BCUT2D eigenvalue weighted by molar-refractivity contribution is 7.90. The number of benzene rings is 2. The van der Waals surface area contributed by atoms with Gasteiger partial charge in [0.1, 0.15) is 10.8 Å². The number of carbonyl (C=O) groups is 6. The number of hydrogen-bond donors (Lipinski definition) is 3. The quantitative estimate of drug-likeness (QED) is 0.112. The standard InChI is InChI=1S/C20H23ClO7S.C17H20N6O7S/c1-29(25,26)17-8-7-13(20(24)18-15(22)5-2-6-16(18)23)19(21)14(17)11-27-10-12-4-3-9-28-12;1-23(2)15(25)11-6-5-10(18-9-24)7-12(11)31(27,28)22-17(26)21-16-19-13(29-3)8-14(20-16)30-4/h7-8,12,18H,2-6,9-11H2,1H3;5-9H,1-4H3,(H,18,24)(H2,19,20,21,22,26). The van der Waals surface area contributed by atoms with Crippen LogP contribution in [-0.4, -0.2) is 121 Å². The van der Waals surface area contributed by atoms with E-state index >= 15 is 0 Å². The molecule has 1 aliphatic carbocycles. The summed E-state index contributed by atoms with van der Waals surface area (Å²) < 4.78 is 72.8. The van der Waals surface area contributed by atoms with E-state index in [1.807, 2.05) is 0 Å². The average molecular weight is 895 g/mol. The van der Waals surface area contributed by atoms with Crippen molar-refractivity contribution < 1.29 is 64.6 Å². The highest BCUT2D eigenvalue weighted by Gasteiger charge is 2.38. The number of amides is 4. The largest absolute Gasteiger partial charge is 0.481 e. The molecule has 2 heterocycles. The summed E-state index contributed by atoms with van der Waals surface area (Å²) in [6, 6.07) is 6.30. The summed E-state index contributed by atoms with van der Waals surface area (Å²) in [5.74, 6) is -3.69. The van der Waals surface area contributed by atoms with Crippen LogP contribution in [0.15, 0.2) is 46.2 Å². The molecule has 1 atom stereocenters. The lowest BCUT2D eigenvalue weighted by Gasteiger charge is -2.20. The SMILES string of the molecule is COc1cc(OC)nc(NC(=O)NS(=O)(=O)c2cc(NC=O)ccc2C(=O)N(C)C)n1.CS(=O)(=O)c1ccc(C(=O)C2C(=O)CCCC2=O)c(Cl)c1COCC1CCCO1. The zero-order chi connectivity index (χ0) is 44.4. The van der Waals surface area contributed by atoms with Gasteiger partial charge in [0.2, 0.25) is 24.1 Å². The van der Waals surface area contributed by atoms with E-state index in [4.69, 9.17) is 30.5 Å². The van der Waals surface area contributed by atoms with Gasteiger partial charge in [-0.2, -0.15) is 9.97 Å². The Morgan fingerprint density at radius 1 is 0.933 bits per heavy atom. The molecule has 60 heavy (non-hydrogen) atoms. The monoisotopic (exact) mass is 894 g/mol. The Morgan fingerprint density at radius 2 is 1.57 bits per heavy atom. The second kappa shape index (κ2) is 20.6. The van der Waals surface area contributed by atoms with Crippen LogP contribution in [0.5, 0.6) is 11.8 Å². The molecule has 0 radical (unpaired) electrons. The third-order valence-electron chi connectivity index (χ3n) is 8.87. The van der Waals surface area contributed by atoms with Crippen molar-refractivity contribution in [2.24, 2.45) is 5.92 Å². The van der Waals surface area contributed by atoms with Gasteiger partial charge in [-0.05, 0) is 49.6 Å². The highest BCUT2D eigenvalue weighted by Crippen LogP contribution is 2.32. The number of urea groups is 1. The molecule has 5 rings (SSSR count). The van der Waals surface area contributed by atoms with Crippen LogP contribution in [0.1, 0.15) is 58.4 Å². The fourth-order valence-electron chi connectivity index (χ4n) is 5.99. The Bertz CT molecular complexity index is 2330. The normalized spacial score (nSPS) is 15.6. The maximum absolute atomic E-state index is 12.9. The van der Waals surface area contributed by atoms with Crippen molar-refractivity contribution in [3.05, 3.63) is 58.1 Å². The van der Waals surface area contributed by atoms with Crippen LogP contribution in [-0.2, 0) is 50.3 Å². The lowest BCUT2D eigenvalue weighted by atomic mass is 9.81. The molecule has 2 aliphatic rings. The molecule has 4 amide bonds. The third kappa shape index (κ3) is 12.0. The molecular formula is C37H43ClN6O14S2. The van der Waals surface area contributed by atoms with Crippen LogP contribution in [0.3, 0.4) is 0 Å². The van der Waals surface area contributed by atoms with Crippen molar-refractivity contribution in [3.8, 4) is 11.8 Å². The van der Waals surface area contributed by atoms with Crippen LogP contribution in [0, 0.1) is 5.92 Å². The van der Waals surface area contributed by atoms with Gasteiger partial charge in [-0.15, -0.1) is 0 Å². The van der Waals surface area contributed by atoms with Gasteiger partial charge < -0.3 is 29.2 Å². The number of sulfonamides is 1. The van der Waals surface area contributed by atoms with Gasteiger partial charge in [-0.1, -0.05) is 11.6 Å². The average Bonchev–Trinajstić information content (AvgIpc) is 3.71. The zero-order valence-corrected chi connectivity index (χ0v) is 35.5. The molecule has 3 N–H and O–H groups in total. The van der Waals surface area contributed by atoms with E-state index < -0.39 is 60.0 Å². The number of Topliss-reactive ketones (excluding diaryl/α,β-unsaturated/α-hetero) is 3. The Hall–Kier alpha value is -5.55. The summed E-state index contributed by atoms with van der Waals surface area (Å²) in [6.07, 6.45) is 3.89. The van der Waals surface area contributed by atoms with Crippen molar-refractivity contribution in [1.29, 1.82) is 0 Å². The number of nitrogens with one attached hydrogen (secondary N) is 3. The summed E-state index contributed by atoms with van der Waals surface area (Å²) >= 11 is 6.41. The van der Waals surface area contributed by atoms with Crippen LogP contribution >= 0.6 is 11.6 Å². The van der Waals surface area contributed by atoms with E-state index in [-0.39, 0.29) is 82.2 Å². The van der Waals surface area contributed by atoms with Crippen LogP contribution in [0.25, 0.3) is 0 Å². The third-order valence-corrected chi connectivity index (χ3v) is 11.9. The highest BCUT2D eigenvalue weighted by atomic mass is 35.5. The number of methoxy groups -OCH3 is 2. The summed E-state index contributed by atoms with van der Waals surface area (Å²) in [5, 5.41) is 4.34. The minimum absolute atomic E-state index is 0.0385. The molecule has 2 fully saturated rings. The number of anilines is 2. The number of aromatic nitrogens is 2. The van der Waals surface area contributed by atoms with E-state index in [1.54, 1.807) is 4.72 Å². The second-order valence-corrected chi connectivity index (χ2v) is 17.4. The molecule has 3 aromatic rings. The molecule has 324 valence electrons. The summed E-state index contributed by atoms with van der Waals surface area (Å²) in [7, 11) is -2.64. The van der Waals surface area contributed by atoms with Crippen LogP contribution in [0.4, 0.5) is 16.4 Å². The van der Waals surface area contributed by atoms with Gasteiger partial charge in [0, 0.05) is 56.6 Å². The smallest absolute Gasteiger partial charge is 0.335 e. The van der Waals surface area contributed by atoms with Crippen molar-refractivity contribution in [2.45, 2.75) is 54.6 Å². The number of rotatable bonds is 15. The lowest BCUT2D eigenvalue weighted by molar-refractivity contribution is -0.133. The maximum atomic E-state index is 12.9. The van der Waals surface area contributed by atoms with Gasteiger partial charge in [0.25, 0.3) is 15.9 Å². The Balaban J connectivity index is 0.000000265. The van der Waals surface area contributed by atoms with Crippen molar-refractivity contribution in [1.82, 2.24) is 19.6 Å². The molecular weight excluding hydrogens is 852 g/mol. The second-order valence-electron chi connectivity index (χ2n) is 13.4. The van der Waals surface area contributed by atoms with E-state index in [2.05, 4.69) is 20.6 Å². The fraction of sp³-hybridized carbons (Fsp3) is 0.405. The summed E-state index contributed by atoms with van der Waals surface area (Å²) in [4.78, 5) is 80.9. The first-order valence-corrected chi connectivity index (χ1v) is 21.7. The number of carbonyl (C=O) groups excluding carboxylic acids is 6. The Morgan fingerprint density at radius 3 is 2.12 bits per heavy atom. The molecule has 0 spiro atoms. The Kier molecular flexibility index (Phi) is 16.2. The number of halogens is 1. The van der Waals surface area contributed by atoms with Gasteiger partial charge in [-0.3, -0.25) is 29.3 Å². The van der Waals surface area contributed by atoms with E-state index in [0.717, 1.165) is 30.1 Å². The van der Waals surface area contributed by atoms with Gasteiger partial charge in [-0.25, -0.2) is 26.4 Å². The van der Waals surface area contributed by atoms with Gasteiger partial charge in [0.15, 0.2) is 27.2 Å². The van der Waals surface area contributed by atoms with E-state index in [9.17, 15) is 45.6 Å². The molecule has 20 nitrogen and oxygen atoms in total. The molecule has 1 saturated carbocycles. The first-order chi connectivity index (χ1) is 28.3. The summed E-state index contributed by atoms with van der Waals surface area (Å²) in [6.45, 7) is 0.808. The number of sulfone groups is 1. The summed E-state index contributed by atoms with van der Waals surface area (Å²) in [5.41, 5.74) is 0.00473. The van der Waals surface area contributed by atoms with Crippen molar-refractivity contribution in [2.75, 3.05) is 58.4 Å². The molecule has 1 aliphatic heterocycles. The van der Waals surface area contributed by atoms with Crippen LogP contribution < -0.4 is 24.8 Å². The van der Waals surface area contributed by atoms with Gasteiger partial charge in [0.05, 0.1) is 55.1 Å². The topological polar surface area (TPSA) is 273 Å². The molecule has 23 heteroatoms. The zero-order valence-electron chi connectivity index (χ0n) is 33.1. The van der Waals surface area contributed by atoms with Gasteiger partial charge >= 0.3 is 6.03 Å². The predicted molar refractivity (Wildman–Crippen MR) is 213 cm³/mol. The Labute approximate surface area is 350 Å². The van der Waals surface area contributed by atoms with Crippen molar-refractivity contribution in [3.63, 3.8) is 0 Å². The number of hydrogen-bond acceptors (Lipinski definition) is 16. The predicted octanol–water partition coefficient (Wildman–Crippen LogP) is 2.83. The molecule has 2 aromatic carbocycles. The molecule has 1 unspecified atom stereocenters. The first-order valence-electron chi connectivity index (χ1n) is 18.0. The van der Waals surface area contributed by atoms with Crippen LogP contribution in [0.2, 0.25) is 5.02 Å². The fourth-order valence-corrected chi connectivity index (χ4v) is 8.41. The minimum Gasteiger partial charge on any atom is -0.481 e. The molecule has 1 aromatic heterocycles. The number of nitrogens with zero attached hydrogens (tertiary/aromatic N) is 3. The number of ketones is 3. The first kappa shape index (κ1) is 47.1. The van der Waals surface area contributed by atoms with E-state index in [0.29, 0.717) is 19.4 Å². The van der Waals surface area contributed by atoms with Crippen molar-refractivity contribution >= 4 is 78.8 Å². The lowest BCUT2D eigenvalue weighted by Crippen LogP contribution is -2.36. The van der Waals surface area contributed by atoms with E-state index in [1.165, 1.54) is 58.6 Å². The minimum atomic E-state index is -4.54. The maximum Gasteiger partial charge on any atom is 0.335 e. The molecule has 1 saturated heterocycles. The molecule has 0 bridgehead atoms. The number of ether oxygens (including phenoxy) is 4.